The van der Waals surface area contributed by atoms with Crippen LogP contribution in [0, 0.1) is 24.2 Å². The molecule has 3 nitrogen and oxygen atoms in total. The highest BCUT2D eigenvalue weighted by molar-refractivity contribution is 7.19. The van der Waals surface area contributed by atoms with Crippen molar-refractivity contribution < 1.29 is 0 Å². The molecule has 0 saturated carbocycles. The van der Waals surface area contributed by atoms with Crippen molar-refractivity contribution in [1.82, 2.24) is 4.98 Å². The highest BCUT2D eigenvalue weighted by Gasteiger charge is 2.23. The molecular formula is C14H15N3S. The number of nitrogens with two attached hydrogens (primary N) is 1. The van der Waals surface area contributed by atoms with Gasteiger partial charge in [0.2, 0.25) is 0 Å². The Labute approximate surface area is 110 Å². The summed E-state index contributed by atoms with van der Waals surface area (Å²) in [5.74, 6) is 0.687. The molecule has 0 amide bonds. The van der Waals surface area contributed by atoms with Crippen molar-refractivity contribution in [2.45, 2.75) is 33.1 Å². The first-order valence-electron chi connectivity index (χ1n) is 6.22. The molecule has 2 aromatic rings. The molecular weight excluding hydrogens is 242 g/mol. The molecule has 0 fully saturated rings. The number of hydrogen-bond donors (Lipinski definition) is 1. The first-order chi connectivity index (χ1) is 8.61. The minimum Gasteiger partial charge on any atom is -0.396 e. The molecule has 0 aromatic carbocycles. The summed E-state index contributed by atoms with van der Waals surface area (Å²) in [7, 11) is 0. The second kappa shape index (κ2) is 3.96. The van der Waals surface area contributed by atoms with Crippen LogP contribution >= 0.6 is 11.3 Å². The minimum atomic E-state index is 0.600. The average molecular weight is 257 g/mol. The van der Waals surface area contributed by atoms with Crippen LogP contribution in [0.3, 0.4) is 0 Å². The number of nitriles is 1. The highest BCUT2D eigenvalue weighted by Crippen LogP contribution is 2.40. The summed E-state index contributed by atoms with van der Waals surface area (Å²) in [4.78, 5) is 6.16. The van der Waals surface area contributed by atoms with E-state index in [1.165, 1.54) is 28.9 Å². The van der Waals surface area contributed by atoms with Crippen molar-refractivity contribution >= 4 is 27.2 Å². The van der Waals surface area contributed by atoms with Crippen LogP contribution in [0.2, 0.25) is 0 Å². The van der Waals surface area contributed by atoms with E-state index in [1.54, 1.807) is 0 Å². The molecule has 1 aliphatic carbocycles. The first-order valence-corrected chi connectivity index (χ1v) is 7.04. The van der Waals surface area contributed by atoms with E-state index in [4.69, 9.17) is 11.0 Å². The molecule has 92 valence electrons. The largest absolute Gasteiger partial charge is 0.396 e. The van der Waals surface area contributed by atoms with Gasteiger partial charge in [0.05, 0.1) is 5.69 Å². The van der Waals surface area contributed by atoms with Crippen LogP contribution in [0.1, 0.15) is 35.0 Å². The quantitative estimate of drug-likeness (QED) is 0.788. The number of hydrogen-bond acceptors (Lipinski definition) is 4. The summed E-state index contributed by atoms with van der Waals surface area (Å²) in [5.41, 5.74) is 10.6. The van der Waals surface area contributed by atoms with E-state index in [0.717, 1.165) is 28.8 Å². The molecule has 1 aliphatic rings. The molecule has 0 unspecified atom stereocenters. The maximum atomic E-state index is 9.10. The summed E-state index contributed by atoms with van der Waals surface area (Å²) in [6, 6.07) is 2.18. The zero-order valence-electron chi connectivity index (χ0n) is 10.6. The molecule has 2 heterocycles. The summed E-state index contributed by atoms with van der Waals surface area (Å²) in [6.07, 6.45) is 3.36. The summed E-state index contributed by atoms with van der Waals surface area (Å²) in [5, 5.41) is 10.1. The molecule has 3 rings (SSSR count). The van der Waals surface area contributed by atoms with E-state index in [-0.39, 0.29) is 0 Å². The van der Waals surface area contributed by atoms with E-state index in [9.17, 15) is 0 Å². The van der Waals surface area contributed by atoms with E-state index >= 15 is 0 Å². The number of anilines is 1. The van der Waals surface area contributed by atoms with E-state index in [1.807, 2.05) is 0 Å². The molecule has 4 heteroatoms. The third kappa shape index (κ3) is 1.51. The Hall–Kier alpha value is -1.60. The van der Waals surface area contributed by atoms with Crippen LogP contribution in [0.15, 0.2) is 0 Å². The summed E-state index contributed by atoms with van der Waals surface area (Å²) in [6.45, 7) is 4.34. The van der Waals surface area contributed by atoms with Crippen molar-refractivity contribution in [3.8, 4) is 6.07 Å². The van der Waals surface area contributed by atoms with Crippen LogP contribution in [0.4, 0.5) is 5.69 Å². The number of aryl methyl sites for hydroxylation is 1. The Morgan fingerprint density at radius 3 is 2.94 bits per heavy atom. The molecule has 2 N–H and O–H groups in total. The fourth-order valence-corrected chi connectivity index (χ4v) is 3.84. The van der Waals surface area contributed by atoms with Gasteiger partial charge in [-0.1, -0.05) is 6.92 Å². The van der Waals surface area contributed by atoms with E-state index in [0.29, 0.717) is 16.5 Å². The highest BCUT2D eigenvalue weighted by atomic mass is 32.1. The van der Waals surface area contributed by atoms with Gasteiger partial charge in [-0.2, -0.15) is 5.26 Å². The van der Waals surface area contributed by atoms with Crippen molar-refractivity contribution in [3.05, 3.63) is 21.7 Å². The Kier molecular flexibility index (Phi) is 2.53. The van der Waals surface area contributed by atoms with Crippen molar-refractivity contribution in [2.24, 2.45) is 5.92 Å². The maximum absolute atomic E-state index is 9.10. The molecule has 2 aromatic heterocycles. The predicted octanol–water partition coefficient (Wildman–Crippen LogP) is 3.18. The van der Waals surface area contributed by atoms with Crippen LogP contribution in [0.5, 0.6) is 0 Å². The molecule has 0 radical (unpaired) electrons. The standard InChI is InChI=1S/C14H15N3S/c1-7-3-4-9-8(2)17-14-12(10(9)5-7)13(16)11(6-15)18-14/h7H,3-5,16H2,1-2H3/t7-/m0/s1. The van der Waals surface area contributed by atoms with Gasteiger partial charge >= 0.3 is 0 Å². The smallest absolute Gasteiger partial charge is 0.130 e. The van der Waals surface area contributed by atoms with E-state index in [2.05, 4.69) is 24.9 Å². The third-order valence-corrected chi connectivity index (χ3v) is 4.84. The minimum absolute atomic E-state index is 0.600. The number of aromatic nitrogens is 1. The fourth-order valence-electron chi connectivity index (χ4n) is 2.87. The third-order valence-electron chi connectivity index (χ3n) is 3.84. The fraction of sp³-hybridized carbons (Fsp3) is 0.429. The van der Waals surface area contributed by atoms with Gasteiger partial charge in [0.1, 0.15) is 15.8 Å². The Bertz CT molecular complexity index is 679. The van der Waals surface area contributed by atoms with Gasteiger partial charge in [-0.15, -0.1) is 11.3 Å². The van der Waals surface area contributed by atoms with Gasteiger partial charge in [0.25, 0.3) is 0 Å². The Morgan fingerprint density at radius 2 is 2.22 bits per heavy atom. The lowest BCUT2D eigenvalue weighted by Gasteiger charge is -2.23. The number of rotatable bonds is 0. The number of nitrogen functional groups attached to an aromatic ring is 1. The molecule has 0 aliphatic heterocycles. The zero-order valence-corrected chi connectivity index (χ0v) is 11.4. The van der Waals surface area contributed by atoms with Gasteiger partial charge in [0.15, 0.2) is 0 Å². The van der Waals surface area contributed by atoms with Crippen LogP contribution in [-0.4, -0.2) is 4.98 Å². The van der Waals surface area contributed by atoms with Crippen molar-refractivity contribution in [3.63, 3.8) is 0 Å². The molecule has 0 bridgehead atoms. The Balaban J connectivity index is 2.39. The van der Waals surface area contributed by atoms with Crippen molar-refractivity contribution in [2.75, 3.05) is 5.73 Å². The van der Waals surface area contributed by atoms with Crippen LogP contribution in [0.25, 0.3) is 10.2 Å². The second-order valence-corrected chi connectivity index (χ2v) is 6.14. The van der Waals surface area contributed by atoms with Gasteiger partial charge in [-0.3, -0.25) is 0 Å². The van der Waals surface area contributed by atoms with Gasteiger partial charge < -0.3 is 5.73 Å². The lowest BCUT2D eigenvalue weighted by Crippen LogP contribution is -2.14. The lowest BCUT2D eigenvalue weighted by atomic mass is 9.83. The number of pyridine rings is 1. The normalized spacial score (nSPS) is 18.6. The number of thiophene rings is 1. The van der Waals surface area contributed by atoms with Crippen molar-refractivity contribution in [1.29, 1.82) is 5.26 Å². The predicted molar refractivity (Wildman–Crippen MR) is 74.7 cm³/mol. The summed E-state index contributed by atoms with van der Waals surface area (Å²) >= 11 is 1.41. The Morgan fingerprint density at radius 1 is 1.44 bits per heavy atom. The van der Waals surface area contributed by atoms with Gasteiger partial charge in [-0.25, -0.2) is 4.98 Å². The SMILES string of the molecule is Cc1nc2sc(C#N)c(N)c2c2c1CC[C@H](C)C2. The number of fused-ring (bicyclic) bond motifs is 3. The van der Waals surface area contributed by atoms with Gasteiger partial charge in [0, 0.05) is 11.1 Å². The average Bonchev–Trinajstić information content (AvgIpc) is 2.65. The summed E-state index contributed by atoms with van der Waals surface area (Å²) < 4.78 is 0. The maximum Gasteiger partial charge on any atom is 0.130 e. The molecule has 0 saturated heterocycles. The zero-order chi connectivity index (χ0) is 12.9. The molecule has 0 spiro atoms. The first kappa shape index (κ1) is 11.5. The monoisotopic (exact) mass is 257 g/mol. The molecule has 1 atom stereocenters. The van der Waals surface area contributed by atoms with Crippen LogP contribution < -0.4 is 5.73 Å². The molecule has 18 heavy (non-hydrogen) atoms. The second-order valence-electron chi connectivity index (χ2n) is 5.14. The van der Waals surface area contributed by atoms with Crippen LogP contribution in [-0.2, 0) is 12.8 Å². The van der Waals surface area contributed by atoms with Gasteiger partial charge in [-0.05, 0) is 43.2 Å². The number of nitrogens with zero attached hydrogens (tertiary/aromatic N) is 2. The topological polar surface area (TPSA) is 62.7 Å². The van der Waals surface area contributed by atoms with E-state index < -0.39 is 0 Å². The lowest BCUT2D eigenvalue weighted by molar-refractivity contribution is 0.501.